The van der Waals surface area contributed by atoms with Crippen molar-refractivity contribution in [1.29, 1.82) is 0 Å². The number of aromatic nitrogens is 1. The molecule has 0 fully saturated rings. The van der Waals surface area contributed by atoms with Crippen molar-refractivity contribution < 1.29 is 13.9 Å². The van der Waals surface area contributed by atoms with E-state index in [1.807, 2.05) is 12.1 Å². The maximum absolute atomic E-state index is 13.5. The topological polar surface area (TPSA) is 42.4 Å². The fourth-order valence-corrected chi connectivity index (χ4v) is 3.13. The zero-order valence-corrected chi connectivity index (χ0v) is 12.9. The number of carbonyl (C=O) groups is 1. The van der Waals surface area contributed by atoms with Crippen molar-refractivity contribution in [3.05, 3.63) is 53.4 Å². The molecule has 0 aliphatic carbocycles. The molecule has 3 aromatic rings. The van der Waals surface area contributed by atoms with Crippen LogP contribution in [0.3, 0.4) is 0 Å². The third kappa shape index (κ3) is 2.53. The van der Waals surface area contributed by atoms with Crippen LogP contribution < -0.4 is 9.64 Å². The van der Waals surface area contributed by atoms with E-state index in [0.29, 0.717) is 10.6 Å². The maximum Gasteiger partial charge on any atom is 0.268 e. The van der Waals surface area contributed by atoms with E-state index in [-0.39, 0.29) is 11.7 Å². The predicted octanol–water partition coefficient (Wildman–Crippen LogP) is 3.72. The van der Waals surface area contributed by atoms with Gasteiger partial charge in [-0.15, -0.1) is 11.3 Å². The van der Waals surface area contributed by atoms with Crippen LogP contribution in [-0.2, 0) is 0 Å². The monoisotopic (exact) mass is 316 g/mol. The van der Waals surface area contributed by atoms with Crippen molar-refractivity contribution in [2.45, 2.75) is 0 Å². The summed E-state index contributed by atoms with van der Waals surface area (Å²) in [6, 6.07) is 8.03. The summed E-state index contributed by atoms with van der Waals surface area (Å²) in [5.74, 6) is -0.507. The van der Waals surface area contributed by atoms with Gasteiger partial charge >= 0.3 is 0 Å². The Morgan fingerprint density at radius 1 is 1.32 bits per heavy atom. The van der Waals surface area contributed by atoms with Crippen LogP contribution in [0, 0.1) is 5.82 Å². The number of carbonyl (C=O) groups excluding carboxylic acids is 1. The molecule has 0 atom stereocenters. The van der Waals surface area contributed by atoms with Crippen LogP contribution in [-0.4, -0.2) is 25.0 Å². The molecule has 0 radical (unpaired) electrons. The number of ether oxygens (including phenoxy) is 1. The number of hydrogen-bond donors (Lipinski definition) is 0. The molecule has 0 aliphatic rings. The van der Waals surface area contributed by atoms with Crippen molar-refractivity contribution in [1.82, 2.24) is 4.98 Å². The highest BCUT2D eigenvalue weighted by Crippen LogP contribution is 2.28. The fourth-order valence-electron chi connectivity index (χ4n) is 2.13. The van der Waals surface area contributed by atoms with Gasteiger partial charge in [0.05, 0.1) is 16.7 Å². The van der Waals surface area contributed by atoms with Crippen LogP contribution >= 0.6 is 11.3 Å². The van der Waals surface area contributed by atoms with E-state index in [1.165, 1.54) is 35.5 Å². The van der Waals surface area contributed by atoms with E-state index in [9.17, 15) is 9.18 Å². The molecule has 0 saturated carbocycles. The number of fused-ring (bicyclic) bond motifs is 1. The van der Waals surface area contributed by atoms with Crippen molar-refractivity contribution in [3.63, 3.8) is 0 Å². The van der Waals surface area contributed by atoms with Gasteiger partial charge in [-0.3, -0.25) is 9.78 Å². The van der Waals surface area contributed by atoms with E-state index in [2.05, 4.69) is 4.98 Å². The zero-order valence-electron chi connectivity index (χ0n) is 12.0. The van der Waals surface area contributed by atoms with Crippen molar-refractivity contribution in [3.8, 4) is 5.75 Å². The Morgan fingerprint density at radius 3 is 2.86 bits per heavy atom. The third-order valence-corrected chi connectivity index (χ3v) is 4.43. The molecule has 112 valence electrons. The van der Waals surface area contributed by atoms with Crippen LogP contribution in [0.4, 0.5) is 10.1 Å². The highest BCUT2D eigenvalue weighted by atomic mass is 32.1. The van der Waals surface area contributed by atoms with Gasteiger partial charge in [-0.05, 0) is 29.7 Å². The number of nitrogens with zero attached hydrogens (tertiary/aromatic N) is 2. The molecule has 0 N–H and O–H groups in total. The van der Waals surface area contributed by atoms with Crippen LogP contribution in [0.25, 0.3) is 10.1 Å². The number of halogens is 1. The van der Waals surface area contributed by atoms with E-state index < -0.39 is 5.82 Å². The average molecular weight is 316 g/mol. The largest absolute Gasteiger partial charge is 0.494 e. The van der Waals surface area contributed by atoms with Gasteiger partial charge in [0.1, 0.15) is 0 Å². The molecule has 3 rings (SSSR count). The Labute approximate surface area is 130 Å². The Bertz CT molecular complexity index is 814. The number of anilines is 1. The van der Waals surface area contributed by atoms with Crippen LogP contribution in [0.1, 0.15) is 9.67 Å². The summed E-state index contributed by atoms with van der Waals surface area (Å²) in [5.41, 5.74) is 0.568. The first kappa shape index (κ1) is 14.5. The molecule has 0 unspecified atom stereocenters. The van der Waals surface area contributed by atoms with E-state index in [0.717, 1.165) is 10.1 Å². The van der Waals surface area contributed by atoms with Gasteiger partial charge < -0.3 is 9.64 Å². The average Bonchev–Trinajstić information content (AvgIpc) is 2.98. The number of thiophene rings is 1. The molecule has 0 spiro atoms. The highest BCUT2D eigenvalue weighted by molar-refractivity contribution is 7.20. The molecule has 0 saturated heterocycles. The van der Waals surface area contributed by atoms with Gasteiger partial charge in [0.15, 0.2) is 11.6 Å². The van der Waals surface area contributed by atoms with Gasteiger partial charge in [0.25, 0.3) is 5.91 Å². The summed E-state index contributed by atoms with van der Waals surface area (Å²) in [7, 11) is 3.04. The molecule has 6 heteroatoms. The number of amides is 1. The second kappa shape index (κ2) is 5.73. The minimum absolute atomic E-state index is 0.109. The molecular weight excluding hydrogens is 303 g/mol. The lowest BCUT2D eigenvalue weighted by Gasteiger charge is -2.17. The number of hydrogen-bond acceptors (Lipinski definition) is 4. The molecule has 4 nitrogen and oxygen atoms in total. The summed E-state index contributed by atoms with van der Waals surface area (Å²) in [4.78, 5) is 18.7. The van der Waals surface area contributed by atoms with Gasteiger partial charge in [-0.2, -0.15) is 0 Å². The molecule has 1 amide bonds. The van der Waals surface area contributed by atoms with Gasteiger partial charge in [-0.25, -0.2) is 4.39 Å². The Balaban J connectivity index is 1.93. The quantitative estimate of drug-likeness (QED) is 0.739. The molecular formula is C16H13FN2O2S. The lowest BCUT2D eigenvalue weighted by Crippen LogP contribution is -2.25. The normalized spacial score (nSPS) is 10.7. The van der Waals surface area contributed by atoms with Gasteiger partial charge in [-0.1, -0.05) is 0 Å². The molecule has 2 aromatic heterocycles. The van der Waals surface area contributed by atoms with Gasteiger partial charge in [0, 0.05) is 31.2 Å². The smallest absolute Gasteiger partial charge is 0.268 e. The van der Waals surface area contributed by atoms with Crippen molar-refractivity contribution >= 4 is 33.0 Å². The van der Waals surface area contributed by atoms with E-state index in [1.54, 1.807) is 25.5 Å². The summed E-state index contributed by atoms with van der Waals surface area (Å²) in [6.07, 6.45) is 3.43. The van der Waals surface area contributed by atoms with Gasteiger partial charge in [0.2, 0.25) is 0 Å². The van der Waals surface area contributed by atoms with Crippen molar-refractivity contribution in [2.75, 3.05) is 19.1 Å². The summed E-state index contributed by atoms with van der Waals surface area (Å²) in [6.45, 7) is 0. The molecule has 0 bridgehead atoms. The Morgan fingerprint density at radius 2 is 2.14 bits per heavy atom. The minimum Gasteiger partial charge on any atom is -0.494 e. The minimum atomic E-state index is -0.458. The zero-order chi connectivity index (χ0) is 15.7. The first-order chi connectivity index (χ1) is 10.6. The fraction of sp³-hybridized carbons (Fsp3) is 0.125. The summed E-state index contributed by atoms with van der Waals surface area (Å²) < 4.78 is 19.4. The highest BCUT2D eigenvalue weighted by Gasteiger charge is 2.17. The van der Waals surface area contributed by atoms with Crippen molar-refractivity contribution in [2.24, 2.45) is 0 Å². The van der Waals surface area contributed by atoms with E-state index >= 15 is 0 Å². The number of rotatable bonds is 3. The molecule has 22 heavy (non-hydrogen) atoms. The first-order valence-electron chi connectivity index (χ1n) is 6.55. The third-order valence-electron chi connectivity index (χ3n) is 3.36. The SMILES string of the molecule is COc1cc(N(C)C(=O)c2cc3ccncc3s2)ccc1F. The molecule has 2 heterocycles. The lowest BCUT2D eigenvalue weighted by molar-refractivity contribution is 0.0997. The first-order valence-corrected chi connectivity index (χ1v) is 7.37. The maximum atomic E-state index is 13.5. The Kier molecular flexibility index (Phi) is 3.77. The van der Waals surface area contributed by atoms with Crippen LogP contribution in [0.15, 0.2) is 42.7 Å². The van der Waals surface area contributed by atoms with E-state index in [4.69, 9.17) is 4.74 Å². The van der Waals surface area contributed by atoms with Crippen LogP contribution in [0.2, 0.25) is 0 Å². The Hall–Kier alpha value is -2.47. The summed E-state index contributed by atoms with van der Waals surface area (Å²) in [5, 5.41) is 0.980. The standard InChI is InChI=1S/C16H13FN2O2S/c1-19(11-3-4-12(17)13(8-11)21-2)16(20)14-7-10-5-6-18-9-15(10)22-14/h3-9H,1-2H3. The lowest BCUT2D eigenvalue weighted by atomic mass is 10.2. The van der Waals surface area contributed by atoms with Crippen LogP contribution in [0.5, 0.6) is 5.75 Å². The number of benzene rings is 1. The summed E-state index contributed by atoms with van der Waals surface area (Å²) >= 11 is 1.38. The molecule has 1 aromatic carbocycles. The second-order valence-electron chi connectivity index (χ2n) is 4.71. The predicted molar refractivity (Wildman–Crippen MR) is 85.3 cm³/mol. The number of methoxy groups -OCH3 is 1. The second-order valence-corrected chi connectivity index (χ2v) is 5.79. The number of pyridine rings is 1. The molecule has 0 aliphatic heterocycles.